The second kappa shape index (κ2) is 16.7. The molecule has 1 heterocycles. The Balaban J connectivity index is 0.00000464. The molecule has 7 nitrogen and oxygen atoms in total. The molecule has 6 aromatic carbocycles. The summed E-state index contributed by atoms with van der Waals surface area (Å²) < 4.78 is 0. The van der Waals surface area contributed by atoms with Gasteiger partial charge < -0.3 is 21.0 Å². The summed E-state index contributed by atoms with van der Waals surface area (Å²) in [6, 6.07) is 39.0. The summed E-state index contributed by atoms with van der Waals surface area (Å²) in [5.74, 6) is -1.35. The Kier molecular flexibility index (Phi) is 11.8. The Bertz CT molecular complexity index is 2190. The van der Waals surface area contributed by atoms with E-state index < -0.39 is 12.0 Å². The predicted octanol–water partition coefficient (Wildman–Crippen LogP) is 9.28. The first-order valence-electron chi connectivity index (χ1n) is 17.2. The number of carbonyl (C=O) groups excluding carboxylic acids is 1. The molecule has 0 aromatic heterocycles. The third-order valence-corrected chi connectivity index (χ3v) is 9.67. The number of carboxylic acid groups (broad SMARTS) is 1. The second-order valence-corrected chi connectivity index (χ2v) is 13.4. The van der Waals surface area contributed by atoms with Crippen LogP contribution in [0.15, 0.2) is 126 Å². The van der Waals surface area contributed by atoms with E-state index >= 15 is 0 Å². The fourth-order valence-electron chi connectivity index (χ4n) is 7.07. The number of amides is 1. The zero-order valence-electron chi connectivity index (χ0n) is 28.5. The van der Waals surface area contributed by atoms with Crippen LogP contribution in [0.3, 0.4) is 0 Å². The summed E-state index contributed by atoms with van der Waals surface area (Å²) >= 11 is 6.52. The first kappa shape index (κ1) is 36.9. The van der Waals surface area contributed by atoms with Gasteiger partial charge in [-0.1, -0.05) is 121 Å². The van der Waals surface area contributed by atoms with E-state index in [2.05, 4.69) is 83.0 Å². The number of hydrogen-bond acceptors (Lipinski definition) is 5. The number of halogens is 1. The molecule has 6 aromatic rings. The van der Waals surface area contributed by atoms with E-state index in [-0.39, 0.29) is 28.9 Å². The van der Waals surface area contributed by atoms with Gasteiger partial charge >= 0.3 is 22.5 Å². The molecule has 3 N–H and O–H groups in total. The molecule has 1 amide bonds. The number of aliphatic imine (C=N–C) groups is 1. The van der Waals surface area contributed by atoms with Crippen molar-refractivity contribution in [2.24, 2.45) is 10.7 Å². The van der Waals surface area contributed by atoms with Gasteiger partial charge in [-0.05, 0) is 87.3 Å². The smallest absolute Gasteiger partial charge is 0.625 e. The van der Waals surface area contributed by atoms with Crippen molar-refractivity contribution in [2.45, 2.75) is 38.4 Å². The standard InChI is InChI=1S/C43H39ClN4O3.Ni/c44-33-21-22-37(36(24-33)42(30-12-2-1-3-13-30)47-38(43(50)51)16-8-9-23-45)46-39(49)27-48-25-31-19-17-28-10-4-6-14-34(28)40(31)41-32(26-48)20-18-29-11-5-7-15-35(29)41;/h1-7,10-15,17-22,24,38H,8-9,16,23,25-27,45H2,(H2,46,47,49,50,51);/q;+2/p-1/t38-;/m1./s1. The number of fused-ring (bicyclic) bond motifs is 7. The van der Waals surface area contributed by atoms with Crippen LogP contribution in [0.4, 0.5) is 5.69 Å². The van der Waals surface area contributed by atoms with Crippen LogP contribution >= 0.6 is 11.6 Å². The zero-order valence-corrected chi connectivity index (χ0v) is 30.2. The summed E-state index contributed by atoms with van der Waals surface area (Å²) in [4.78, 5) is 33.2. The van der Waals surface area contributed by atoms with Crippen molar-refractivity contribution in [1.82, 2.24) is 4.90 Å². The van der Waals surface area contributed by atoms with Gasteiger partial charge in [0, 0.05) is 30.2 Å². The number of hydrogen-bond donors (Lipinski definition) is 2. The minimum absolute atomic E-state index is 0. The summed E-state index contributed by atoms with van der Waals surface area (Å²) in [6.45, 7) is 1.69. The minimum Gasteiger partial charge on any atom is -0.625 e. The molecule has 0 saturated carbocycles. The Morgan fingerprint density at radius 3 is 1.98 bits per heavy atom. The average Bonchev–Trinajstić information content (AvgIpc) is 3.30. The maximum atomic E-state index is 14.0. The topological polar surface area (TPSA) is 110 Å². The van der Waals surface area contributed by atoms with Gasteiger partial charge in [0.1, 0.15) is 6.04 Å². The fourth-order valence-corrected chi connectivity index (χ4v) is 7.24. The van der Waals surface area contributed by atoms with Crippen LogP contribution in [0.5, 0.6) is 0 Å². The van der Waals surface area contributed by atoms with Crippen molar-refractivity contribution in [3.8, 4) is 11.1 Å². The molecule has 0 radical (unpaired) electrons. The predicted molar refractivity (Wildman–Crippen MR) is 207 cm³/mol. The molecule has 0 saturated heterocycles. The van der Waals surface area contributed by atoms with Crippen molar-refractivity contribution in [3.05, 3.63) is 154 Å². The number of rotatable bonds is 11. The Hall–Kier alpha value is -4.85. The fraction of sp³-hybridized carbons (Fsp3) is 0.186. The number of nitrogens with two attached hydrogens (primary N) is 1. The SMILES string of the molecule is NCCCC[C@@H](N=C(c1ccccc1)c1cc(Cl)ccc1[N-]C(=O)CN1Cc2ccc3ccccc3c2-c2c(ccc3ccccc23)C1)C(=O)O.[Ni+2]. The van der Waals surface area contributed by atoms with E-state index in [0.717, 1.165) is 11.1 Å². The number of carboxylic acids is 1. The molecule has 0 spiro atoms. The van der Waals surface area contributed by atoms with Crippen LogP contribution in [-0.4, -0.2) is 46.7 Å². The number of nitrogens with zero attached hydrogens (tertiary/aromatic N) is 3. The van der Waals surface area contributed by atoms with Crippen LogP contribution in [0.2, 0.25) is 5.02 Å². The Morgan fingerprint density at radius 1 is 0.788 bits per heavy atom. The third-order valence-electron chi connectivity index (χ3n) is 9.44. The van der Waals surface area contributed by atoms with Gasteiger partial charge in [-0.2, -0.15) is 0 Å². The Morgan fingerprint density at radius 2 is 1.38 bits per heavy atom. The van der Waals surface area contributed by atoms with Crippen LogP contribution in [0.25, 0.3) is 38.0 Å². The molecule has 0 fully saturated rings. The van der Waals surface area contributed by atoms with Gasteiger partial charge in [0.15, 0.2) is 0 Å². The maximum absolute atomic E-state index is 14.0. The number of unbranched alkanes of at least 4 members (excludes halogenated alkanes) is 1. The largest absolute Gasteiger partial charge is 2.00 e. The molecule has 52 heavy (non-hydrogen) atoms. The number of carbonyl (C=O) groups is 2. The molecule has 0 unspecified atom stereocenters. The van der Waals surface area contributed by atoms with E-state index in [4.69, 9.17) is 22.3 Å². The molecule has 9 heteroatoms. The summed E-state index contributed by atoms with van der Waals surface area (Å²) in [6.07, 6.45) is 1.65. The molecule has 264 valence electrons. The quantitative estimate of drug-likeness (QED) is 0.0779. The van der Waals surface area contributed by atoms with Crippen LogP contribution in [0.1, 0.15) is 41.5 Å². The summed E-state index contributed by atoms with van der Waals surface area (Å²) in [5.41, 5.74) is 12.4. The van der Waals surface area contributed by atoms with Crippen molar-refractivity contribution < 1.29 is 31.2 Å². The van der Waals surface area contributed by atoms with Gasteiger partial charge in [-0.25, -0.2) is 4.79 Å². The van der Waals surface area contributed by atoms with Gasteiger partial charge in [0.05, 0.1) is 11.6 Å². The molecule has 0 aliphatic carbocycles. The van der Waals surface area contributed by atoms with E-state index in [1.165, 1.54) is 32.7 Å². The molecule has 1 atom stereocenters. The minimum atomic E-state index is -1.03. The van der Waals surface area contributed by atoms with Crippen molar-refractivity contribution >= 4 is 56.4 Å². The molecule has 0 bridgehead atoms. The second-order valence-electron chi connectivity index (χ2n) is 12.9. The Labute approximate surface area is 318 Å². The number of benzene rings is 6. The van der Waals surface area contributed by atoms with Crippen molar-refractivity contribution in [3.63, 3.8) is 0 Å². The van der Waals surface area contributed by atoms with Gasteiger partial charge in [-0.3, -0.25) is 9.89 Å². The van der Waals surface area contributed by atoms with E-state index in [9.17, 15) is 14.7 Å². The van der Waals surface area contributed by atoms with E-state index in [0.29, 0.717) is 66.4 Å². The number of aliphatic carboxylic acids is 1. The third kappa shape index (κ3) is 7.96. The maximum Gasteiger partial charge on any atom is 2.00 e. The van der Waals surface area contributed by atoms with E-state index in [1.54, 1.807) is 18.2 Å². The molecular weight excluding hydrogens is 715 g/mol. The van der Waals surface area contributed by atoms with Gasteiger partial charge in [-0.15, -0.1) is 5.69 Å². The van der Waals surface area contributed by atoms with Crippen molar-refractivity contribution in [1.29, 1.82) is 0 Å². The monoisotopic (exact) mass is 751 g/mol. The molecular formula is C43H38ClN4NiO3+. The van der Waals surface area contributed by atoms with E-state index in [1.807, 2.05) is 30.3 Å². The molecule has 1 aliphatic rings. The first-order chi connectivity index (χ1) is 24.9. The van der Waals surface area contributed by atoms with Gasteiger partial charge in [0.25, 0.3) is 0 Å². The van der Waals surface area contributed by atoms with Crippen LogP contribution in [-0.2, 0) is 39.2 Å². The molecule has 7 rings (SSSR count). The van der Waals surface area contributed by atoms with Crippen LogP contribution in [0, 0.1) is 0 Å². The normalized spacial score (nSPS) is 13.5. The average molecular weight is 753 g/mol. The zero-order chi connectivity index (χ0) is 35.3. The van der Waals surface area contributed by atoms with Crippen molar-refractivity contribution in [2.75, 3.05) is 13.1 Å². The summed E-state index contributed by atoms with van der Waals surface area (Å²) in [5, 5.41) is 19.9. The van der Waals surface area contributed by atoms with Gasteiger partial charge in [0.2, 0.25) is 0 Å². The summed E-state index contributed by atoms with van der Waals surface area (Å²) in [7, 11) is 0. The first-order valence-corrected chi connectivity index (χ1v) is 17.6. The molecule has 1 aliphatic heterocycles. The van der Waals surface area contributed by atoms with Crippen LogP contribution < -0.4 is 5.73 Å².